The van der Waals surface area contributed by atoms with Crippen molar-refractivity contribution in [3.05, 3.63) is 12.2 Å². The Morgan fingerprint density at radius 3 is 2.09 bits per heavy atom. The van der Waals surface area contributed by atoms with E-state index in [1.54, 1.807) is 0 Å². The van der Waals surface area contributed by atoms with Gasteiger partial charge in [-0.25, -0.2) is 4.79 Å². The van der Waals surface area contributed by atoms with Gasteiger partial charge in [0.05, 0.1) is 31.1 Å². The molecule has 0 aliphatic heterocycles. The standard InChI is InChI=1S/C11H18O10S2/c1-9(11(13)14)8-10(12)20-4-2-7-23(18,19)21-5-3-6-22(15,16)17/h1-8H2,(H,13,14)(H,15,16,17). The summed E-state index contributed by atoms with van der Waals surface area (Å²) >= 11 is 0. The van der Waals surface area contributed by atoms with Crippen LogP contribution in [0.1, 0.15) is 19.3 Å². The van der Waals surface area contributed by atoms with E-state index in [9.17, 15) is 26.4 Å². The van der Waals surface area contributed by atoms with Crippen LogP contribution in [0, 0.1) is 0 Å². The summed E-state index contributed by atoms with van der Waals surface area (Å²) < 4.78 is 61.2. The number of aliphatic carboxylic acids is 1. The van der Waals surface area contributed by atoms with Crippen LogP contribution in [-0.2, 0) is 38.7 Å². The molecule has 0 amide bonds. The van der Waals surface area contributed by atoms with Crippen molar-refractivity contribution in [3.63, 3.8) is 0 Å². The van der Waals surface area contributed by atoms with Gasteiger partial charge in [0.15, 0.2) is 0 Å². The Morgan fingerprint density at radius 2 is 1.57 bits per heavy atom. The third-order valence-corrected chi connectivity index (χ3v) is 4.39. The number of hydrogen-bond donors (Lipinski definition) is 2. The Hall–Kier alpha value is -1.50. The fraction of sp³-hybridized carbons (Fsp3) is 0.636. The first-order valence-corrected chi connectivity index (χ1v) is 9.50. The minimum absolute atomic E-state index is 0.0775. The molecule has 0 unspecified atom stereocenters. The zero-order valence-electron chi connectivity index (χ0n) is 12.1. The Kier molecular flexibility index (Phi) is 8.97. The second-order valence-corrected chi connectivity index (χ2v) is 7.71. The summed E-state index contributed by atoms with van der Waals surface area (Å²) in [5.74, 6) is -3.26. The van der Waals surface area contributed by atoms with Crippen molar-refractivity contribution in [1.29, 1.82) is 0 Å². The summed E-state index contributed by atoms with van der Waals surface area (Å²) in [6.45, 7) is 2.49. The minimum Gasteiger partial charge on any atom is -0.478 e. The molecule has 2 N–H and O–H groups in total. The predicted octanol–water partition coefficient (Wildman–Crippen LogP) is -0.425. The van der Waals surface area contributed by atoms with Crippen molar-refractivity contribution in [2.75, 3.05) is 24.7 Å². The van der Waals surface area contributed by atoms with Gasteiger partial charge in [-0.3, -0.25) is 13.5 Å². The number of carbonyl (C=O) groups is 2. The number of ether oxygens (including phenoxy) is 1. The van der Waals surface area contributed by atoms with Gasteiger partial charge in [0.1, 0.15) is 0 Å². The molecule has 0 bridgehead atoms. The lowest BCUT2D eigenvalue weighted by Crippen LogP contribution is -2.16. The molecule has 0 saturated carbocycles. The third-order valence-electron chi connectivity index (χ3n) is 2.27. The summed E-state index contributed by atoms with van der Waals surface area (Å²) in [5.41, 5.74) is -0.343. The van der Waals surface area contributed by atoms with E-state index >= 15 is 0 Å². The van der Waals surface area contributed by atoms with Crippen LogP contribution in [0.5, 0.6) is 0 Å². The van der Waals surface area contributed by atoms with Crippen molar-refractivity contribution in [2.24, 2.45) is 0 Å². The fourth-order valence-electron chi connectivity index (χ4n) is 1.21. The molecule has 0 aliphatic rings. The van der Waals surface area contributed by atoms with E-state index in [2.05, 4.69) is 15.5 Å². The van der Waals surface area contributed by atoms with Gasteiger partial charge in [0.2, 0.25) is 0 Å². The van der Waals surface area contributed by atoms with E-state index in [4.69, 9.17) is 9.66 Å². The number of carbonyl (C=O) groups excluding carboxylic acids is 1. The maximum atomic E-state index is 11.4. The van der Waals surface area contributed by atoms with Crippen LogP contribution in [0.15, 0.2) is 12.2 Å². The molecule has 0 spiro atoms. The van der Waals surface area contributed by atoms with Crippen LogP contribution >= 0.6 is 0 Å². The van der Waals surface area contributed by atoms with Crippen LogP contribution in [0.4, 0.5) is 0 Å². The van der Waals surface area contributed by atoms with E-state index in [1.807, 2.05) is 0 Å². The van der Waals surface area contributed by atoms with Crippen LogP contribution in [0.3, 0.4) is 0 Å². The smallest absolute Gasteiger partial charge is 0.331 e. The first kappa shape index (κ1) is 21.5. The lowest BCUT2D eigenvalue weighted by Gasteiger charge is -2.06. The molecule has 0 saturated heterocycles. The molecule has 0 radical (unpaired) electrons. The third kappa shape index (κ3) is 12.7. The Morgan fingerprint density at radius 1 is 1.00 bits per heavy atom. The van der Waals surface area contributed by atoms with Gasteiger partial charge < -0.3 is 9.84 Å². The Bertz CT molecular complexity index is 632. The number of esters is 1. The Labute approximate surface area is 134 Å². The minimum atomic E-state index is -4.17. The van der Waals surface area contributed by atoms with Gasteiger partial charge in [-0.2, -0.15) is 16.8 Å². The van der Waals surface area contributed by atoms with Crippen LogP contribution in [0.25, 0.3) is 0 Å². The van der Waals surface area contributed by atoms with E-state index in [0.29, 0.717) is 0 Å². The topological polar surface area (TPSA) is 161 Å². The Balaban J connectivity index is 3.92. The van der Waals surface area contributed by atoms with Crippen LogP contribution in [-0.4, -0.2) is 63.2 Å². The zero-order chi connectivity index (χ0) is 18.1. The summed E-state index contributed by atoms with van der Waals surface area (Å²) in [6, 6.07) is 0. The predicted molar refractivity (Wildman–Crippen MR) is 77.7 cm³/mol. The quantitative estimate of drug-likeness (QED) is 0.151. The molecule has 12 heteroatoms. The number of carboxylic acid groups (broad SMARTS) is 1. The van der Waals surface area contributed by atoms with Crippen LogP contribution in [0.2, 0.25) is 0 Å². The van der Waals surface area contributed by atoms with E-state index in [1.165, 1.54) is 0 Å². The maximum absolute atomic E-state index is 11.4. The van der Waals surface area contributed by atoms with E-state index in [-0.39, 0.29) is 25.0 Å². The molecule has 10 nitrogen and oxygen atoms in total. The summed E-state index contributed by atoms with van der Waals surface area (Å²) in [4.78, 5) is 21.6. The highest BCUT2D eigenvalue weighted by molar-refractivity contribution is 7.86. The van der Waals surface area contributed by atoms with E-state index < -0.39 is 56.7 Å². The molecule has 0 aromatic rings. The van der Waals surface area contributed by atoms with Crippen molar-refractivity contribution in [1.82, 2.24) is 0 Å². The van der Waals surface area contributed by atoms with Gasteiger partial charge in [0.25, 0.3) is 20.2 Å². The molecule has 0 fully saturated rings. The zero-order valence-corrected chi connectivity index (χ0v) is 13.8. The molecular weight excluding hydrogens is 356 g/mol. The average Bonchev–Trinajstić information content (AvgIpc) is 2.39. The van der Waals surface area contributed by atoms with Gasteiger partial charge in [0, 0.05) is 5.57 Å². The molecule has 0 aromatic carbocycles. The number of hydrogen-bond acceptors (Lipinski definition) is 8. The monoisotopic (exact) mass is 374 g/mol. The van der Waals surface area contributed by atoms with Crippen molar-refractivity contribution < 1.29 is 45.0 Å². The second kappa shape index (κ2) is 9.60. The maximum Gasteiger partial charge on any atom is 0.331 e. The summed E-state index contributed by atoms with van der Waals surface area (Å²) in [5, 5.41) is 8.51. The highest BCUT2D eigenvalue weighted by atomic mass is 32.2. The summed E-state index contributed by atoms with van der Waals surface area (Å²) in [7, 11) is -8.08. The highest BCUT2D eigenvalue weighted by Gasteiger charge is 2.14. The lowest BCUT2D eigenvalue weighted by atomic mass is 10.2. The van der Waals surface area contributed by atoms with Gasteiger partial charge in [-0.05, 0) is 12.8 Å². The largest absolute Gasteiger partial charge is 0.478 e. The van der Waals surface area contributed by atoms with E-state index in [0.717, 1.165) is 0 Å². The van der Waals surface area contributed by atoms with Crippen LogP contribution < -0.4 is 0 Å². The SMILES string of the molecule is C=C(CC(=O)OCCCS(=O)(=O)OCCCS(=O)(=O)O)C(=O)O. The molecule has 134 valence electrons. The molecule has 0 aliphatic carbocycles. The molecule has 0 heterocycles. The van der Waals surface area contributed by atoms with Crippen molar-refractivity contribution in [2.45, 2.75) is 19.3 Å². The van der Waals surface area contributed by atoms with Crippen molar-refractivity contribution in [3.8, 4) is 0 Å². The second-order valence-electron chi connectivity index (χ2n) is 4.38. The fourth-order valence-corrected chi connectivity index (χ4v) is 2.65. The molecule has 0 aromatic heterocycles. The lowest BCUT2D eigenvalue weighted by molar-refractivity contribution is -0.144. The summed E-state index contributed by atoms with van der Waals surface area (Å²) in [6.07, 6.45) is -0.773. The normalized spacial score (nSPS) is 11.9. The van der Waals surface area contributed by atoms with Gasteiger partial charge in [-0.1, -0.05) is 6.58 Å². The molecule has 0 rings (SSSR count). The molecule has 0 atom stereocenters. The first-order chi connectivity index (χ1) is 10.4. The number of rotatable bonds is 12. The van der Waals surface area contributed by atoms with Gasteiger partial charge >= 0.3 is 11.9 Å². The van der Waals surface area contributed by atoms with Crippen molar-refractivity contribution >= 4 is 32.2 Å². The molecular formula is C11H18O10S2. The first-order valence-electron chi connectivity index (χ1n) is 6.32. The molecule has 23 heavy (non-hydrogen) atoms. The average molecular weight is 374 g/mol. The van der Waals surface area contributed by atoms with Gasteiger partial charge in [-0.15, -0.1) is 0 Å². The number of carboxylic acids is 1. The highest BCUT2D eigenvalue weighted by Crippen LogP contribution is 2.03.